The van der Waals surface area contributed by atoms with Gasteiger partial charge in [0.1, 0.15) is 0 Å². The predicted octanol–water partition coefficient (Wildman–Crippen LogP) is 3.88. The summed E-state index contributed by atoms with van der Waals surface area (Å²) in [5.74, 6) is 0. The normalized spacial score (nSPS) is 10.8. The van der Waals surface area contributed by atoms with Crippen LogP contribution in [-0.2, 0) is 6.54 Å². The topological polar surface area (TPSA) is 48.0 Å². The number of nitrogens with zero attached hydrogens (tertiary/aromatic N) is 1. The second-order valence-electron chi connectivity index (χ2n) is 5.42. The summed E-state index contributed by atoms with van der Waals surface area (Å²) in [6.07, 6.45) is 12.0. The molecule has 0 saturated carbocycles. The van der Waals surface area contributed by atoms with Gasteiger partial charge in [0.05, 0.1) is 5.69 Å². The van der Waals surface area contributed by atoms with E-state index in [0.29, 0.717) is 5.69 Å². The van der Waals surface area contributed by atoms with Crippen LogP contribution >= 0.6 is 0 Å². The van der Waals surface area contributed by atoms with Crippen molar-refractivity contribution in [2.24, 2.45) is 0 Å². The first kappa shape index (κ1) is 15.8. The van der Waals surface area contributed by atoms with Gasteiger partial charge in [-0.2, -0.15) is 0 Å². The van der Waals surface area contributed by atoms with E-state index in [0.717, 1.165) is 18.5 Å². The third-order valence-corrected chi connectivity index (χ3v) is 3.63. The van der Waals surface area contributed by atoms with Gasteiger partial charge in [-0.3, -0.25) is 4.79 Å². The average Bonchev–Trinajstić information content (AvgIpc) is 2.38. The van der Waals surface area contributed by atoms with Crippen molar-refractivity contribution in [3.05, 3.63) is 28.2 Å². The third-order valence-electron chi connectivity index (χ3n) is 3.63. The van der Waals surface area contributed by atoms with Gasteiger partial charge in [0.2, 0.25) is 0 Å². The van der Waals surface area contributed by atoms with Crippen molar-refractivity contribution in [1.29, 1.82) is 0 Å². The Labute approximate surface area is 116 Å². The molecule has 0 aromatic carbocycles. The standard InChI is InChI=1S/C16H28N2O/c1-3-4-5-6-7-8-9-10-11-18-13-15(17)14(2)12-16(18)19/h12-13H,3-11,17H2,1-2H3. The van der Waals surface area contributed by atoms with Crippen LogP contribution in [0.4, 0.5) is 5.69 Å². The van der Waals surface area contributed by atoms with Gasteiger partial charge in [0.15, 0.2) is 0 Å². The fraction of sp³-hybridized carbons (Fsp3) is 0.688. The van der Waals surface area contributed by atoms with Crippen molar-refractivity contribution < 1.29 is 0 Å². The lowest BCUT2D eigenvalue weighted by Crippen LogP contribution is -2.20. The van der Waals surface area contributed by atoms with Crippen LogP contribution < -0.4 is 11.3 Å². The monoisotopic (exact) mass is 264 g/mol. The van der Waals surface area contributed by atoms with Gasteiger partial charge in [0, 0.05) is 18.8 Å². The lowest BCUT2D eigenvalue weighted by molar-refractivity contribution is 0.538. The van der Waals surface area contributed by atoms with Crippen LogP contribution in [-0.4, -0.2) is 4.57 Å². The van der Waals surface area contributed by atoms with Crippen LogP contribution in [0.15, 0.2) is 17.1 Å². The number of hydrogen-bond donors (Lipinski definition) is 1. The summed E-state index contributed by atoms with van der Waals surface area (Å²) < 4.78 is 1.74. The number of aryl methyl sites for hydroxylation is 2. The van der Waals surface area contributed by atoms with Gasteiger partial charge in [-0.15, -0.1) is 0 Å². The van der Waals surface area contributed by atoms with Crippen LogP contribution in [0.5, 0.6) is 0 Å². The number of aromatic nitrogens is 1. The van der Waals surface area contributed by atoms with E-state index in [1.165, 1.54) is 44.9 Å². The highest BCUT2D eigenvalue weighted by Crippen LogP contribution is 2.10. The number of hydrogen-bond acceptors (Lipinski definition) is 2. The first-order chi connectivity index (χ1) is 9.15. The van der Waals surface area contributed by atoms with E-state index < -0.39 is 0 Å². The molecule has 0 fully saturated rings. The fourth-order valence-corrected chi connectivity index (χ4v) is 2.28. The summed E-state index contributed by atoms with van der Waals surface area (Å²) in [6.45, 7) is 4.90. The second-order valence-corrected chi connectivity index (χ2v) is 5.42. The van der Waals surface area contributed by atoms with Gasteiger partial charge in [-0.25, -0.2) is 0 Å². The van der Waals surface area contributed by atoms with Gasteiger partial charge in [-0.1, -0.05) is 51.9 Å². The van der Waals surface area contributed by atoms with E-state index in [2.05, 4.69) is 6.92 Å². The molecule has 0 unspecified atom stereocenters. The zero-order valence-corrected chi connectivity index (χ0v) is 12.5. The van der Waals surface area contributed by atoms with Crippen LogP contribution in [0.3, 0.4) is 0 Å². The maximum Gasteiger partial charge on any atom is 0.250 e. The zero-order chi connectivity index (χ0) is 14.1. The molecule has 0 amide bonds. The molecule has 0 radical (unpaired) electrons. The molecule has 0 spiro atoms. The molecular weight excluding hydrogens is 236 g/mol. The van der Waals surface area contributed by atoms with Crippen LogP contribution in [0.25, 0.3) is 0 Å². The van der Waals surface area contributed by atoms with Crippen molar-refractivity contribution in [3.8, 4) is 0 Å². The Morgan fingerprint density at radius 3 is 2.26 bits per heavy atom. The lowest BCUT2D eigenvalue weighted by atomic mass is 10.1. The summed E-state index contributed by atoms with van der Waals surface area (Å²) in [7, 11) is 0. The largest absolute Gasteiger partial charge is 0.397 e. The Kier molecular flexibility index (Phi) is 7.31. The summed E-state index contributed by atoms with van der Waals surface area (Å²) in [6, 6.07) is 1.63. The zero-order valence-electron chi connectivity index (χ0n) is 12.5. The summed E-state index contributed by atoms with van der Waals surface area (Å²) in [4.78, 5) is 11.7. The van der Waals surface area contributed by atoms with Gasteiger partial charge < -0.3 is 10.3 Å². The highest BCUT2D eigenvalue weighted by Gasteiger charge is 2.00. The van der Waals surface area contributed by atoms with Crippen molar-refractivity contribution in [2.45, 2.75) is 71.8 Å². The van der Waals surface area contributed by atoms with E-state index >= 15 is 0 Å². The van der Waals surface area contributed by atoms with Crippen LogP contribution in [0, 0.1) is 6.92 Å². The molecule has 3 heteroatoms. The first-order valence-corrected chi connectivity index (χ1v) is 7.61. The molecule has 0 saturated heterocycles. The average molecular weight is 264 g/mol. The molecule has 19 heavy (non-hydrogen) atoms. The Balaban J connectivity index is 2.19. The second kappa shape index (κ2) is 8.78. The van der Waals surface area contributed by atoms with E-state index in [4.69, 9.17) is 5.73 Å². The van der Waals surface area contributed by atoms with E-state index in [1.54, 1.807) is 16.8 Å². The number of rotatable bonds is 9. The molecule has 1 aromatic heterocycles. The van der Waals surface area contributed by atoms with Crippen molar-refractivity contribution in [3.63, 3.8) is 0 Å². The molecule has 1 aromatic rings. The van der Waals surface area contributed by atoms with E-state index in [-0.39, 0.29) is 5.56 Å². The van der Waals surface area contributed by atoms with Crippen molar-refractivity contribution in [1.82, 2.24) is 4.57 Å². The Bertz CT molecular complexity index is 423. The molecule has 0 aliphatic carbocycles. The number of nitrogens with two attached hydrogens (primary N) is 1. The minimum absolute atomic E-state index is 0.0645. The maximum absolute atomic E-state index is 11.7. The SMILES string of the molecule is CCCCCCCCCCn1cc(N)c(C)cc1=O. The molecule has 0 atom stereocenters. The molecule has 3 nitrogen and oxygen atoms in total. The van der Waals surface area contributed by atoms with Gasteiger partial charge >= 0.3 is 0 Å². The molecule has 0 aliphatic rings. The molecule has 1 heterocycles. The Morgan fingerprint density at radius 1 is 1.05 bits per heavy atom. The Morgan fingerprint density at radius 2 is 1.63 bits per heavy atom. The maximum atomic E-state index is 11.7. The fourth-order valence-electron chi connectivity index (χ4n) is 2.28. The third kappa shape index (κ3) is 5.95. The number of anilines is 1. The Hall–Kier alpha value is -1.25. The van der Waals surface area contributed by atoms with Gasteiger partial charge in [-0.05, 0) is 18.9 Å². The van der Waals surface area contributed by atoms with Crippen LogP contribution in [0.1, 0.15) is 63.9 Å². The molecular formula is C16H28N2O. The number of pyridine rings is 1. The molecule has 0 bridgehead atoms. The van der Waals surface area contributed by atoms with E-state index in [9.17, 15) is 4.79 Å². The quantitative estimate of drug-likeness (QED) is 0.688. The summed E-state index contributed by atoms with van der Waals surface area (Å²) in [5.41, 5.74) is 7.47. The molecule has 2 N–H and O–H groups in total. The minimum Gasteiger partial charge on any atom is -0.397 e. The van der Waals surface area contributed by atoms with Crippen molar-refractivity contribution in [2.75, 3.05) is 5.73 Å². The molecule has 108 valence electrons. The number of unbranched alkanes of at least 4 members (excludes halogenated alkanes) is 7. The summed E-state index contributed by atoms with van der Waals surface area (Å²) >= 11 is 0. The lowest BCUT2D eigenvalue weighted by Gasteiger charge is -2.08. The smallest absolute Gasteiger partial charge is 0.250 e. The van der Waals surface area contributed by atoms with Crippen molar-refractivity contribution >= 4 is 5.69 Å². The molecule has 0 aliphatic heterocycles. The minimum atomic E-state index is 0.0645. The molecule has 1 rings (SSSR count). The van der Waals surface area contributed by atoms with Crippen LogP contribution in [0.2, 0.25) is 0 Å². The highest BCUT2D eigenvalue weighted by atomic mass is 16.1. The highest BCUT2D eigenvalue weighted by molar-refractivity contribution is 5.42. The first-order valence-electron chi connectivity index (χ1n) is 7.61. The summed E-state index contributed by atoms with van der Waals surface area (Å²) in [5, 5.41) is 0. The van der Waals surface area contributed by atoms with E-state index in [1.807, 2.05) is 6.92 Å². The van der Waals surface area contributed by atoms with Gasteiger partial charge in [0.25, 0.3) is 5.56 Å². The predicted molar refractivity (Wildman–Crippen MR) is 82.5 cm³/mol. The number of nitrogen functional groups attached to an aromatic ring is 1.